The minimum atomic E-state index is 0.278. The van der Waals surface area contributed by atoms with E-state index in [1.165, 1.54) is 0 Å². The van der Waals surface area contributed by atoms with E-state index in [0.29, 0.717) is 13.1 Å². The lowest BCUT2D eigenvalue weighted by molar-refractivity contribution is 0.364. The maximum Gasteiger partial charge on any atom is 0.148 e. The van der Waals surface area contributed by atoms with Gasteiger partial charge in [0.25, 0.3) is 0 Å². The van der Waals surface area contributed by atoms with Crippen molar-refractivity contribution < 1.29 is 4.74 Å². The zero-order valence-electron chi connectivity index (χ0n) is 11.5. The standard InChI is InChI=1S/C16H17N3O/c1-3-8-20-16-7-5-4-6-14(16)10-17-11-15-12-18-13(2)9-19-15/h1,4-7,9,12,17H,8,10-11H2,2H3. The largest absolute Gasteiger partial charge is 0.481 e. The molecule has 0 radical (unpaired) electrons. The first-order valence-corrected chi connectivity index (χ1v) is 6.42. The van der Waals surface area contributed by atoms with Gasteiger partial charge < -0.3 is 10.1 Å². The van der Waals surface area contributed by atoms with Gasteiger partial charge in [-0.3, -0.25) is 9.97 Å². The highest BCUT2D eigenvalue weighted by Gasteiger charge is 2.02. The summed E-state index contributed by atoms with van der Waals surface area (Å²) in [7, 11) is 0. The summed E-state index contributed by atoms with van der Waals surface area (Å²) in [4.78, 5) is 8.51. The van der Waals surface area contributed by atoms with Gasteiger partial charge in [-0.1, -0.05) is 24.1 Å². The summed E-state index contributed by atoms with van der Waals surface area (Å²) in [6, 6.07) is 7.84. The maximum atomic E-state index is 5.50. The monoisotopic (exact) mass is 267 g/mol. The predicted octanol–water partition coefficient (Wildman–Crippen LogP) is 2.09. The molecule has 102 valence electrons. The third-order valence-corrected chi connectivity index (χ3v) is 2.74. The average molecular weight is 267 g/mol. The predicted molar refractivity (Wildman–Crippen MR) is 78.1 cm³/mol. The van der Waals surface area contributed by atoms with Crippen LogP contribution in [0.2, 0.25) is 0 Å². The van der Waals surface area contributed by atoms with Crippen LogP contribution in [-0.2, 0) is 13.1 Å². The lowest BCUT2D eigenvalue weighted by Gasteiger charge is -2.10. The van der Waals surface area contributed by atoms with Crippen molar-refractivity contribution >= 4 is 0 Å². The second kappa shape index (κ2) is 7.27. The minimum Gasteiger partial charge on any atom is -0.481 e. The van der Waals surface area contributed by atoms with Gasteiger partial charge in [-0.15, -0.1) is 6.42 Å². The van der Waals surface area contributed by atoms with Crippen molar-refractivity contribution in [3.8, 4) is 18.1 Å². The summed E-state index contributed by atoms with van der Waals surface area (Å²) in [5.41, 5.74) is 2.90. The van der Waals surface area contributed by atoms with Gasteiger partial charge in [0.05, 0.1) is 11.4 Å². The second-order valence-corrected chi connectivity index (χ2v) is 4.35. The molecular formula is C16H17N3O. The molecule has 20 heavy (non-hydrogen) atoms. The van der Waals surface area contributed by atoms with Crippen LogP contribution in [0.25, 0.3) is 0 Å². The van der Waals surface area contributed by atoms with Gasteiger partial charge in [-0.05, 0) is 13.0 Å². The third-order valence-electron chi connectivity index (χ3n) is 2.74. The Morgan fingerprint density at radius 3 is 2.80 bits per heavy atom. The first-order valence-electron chi connectivity index (χ1n) is 6.42. The zero-order valence-corrected chi connectivity index (χ0v) is 11.5. The van der Waals surface area contributed by atoms with E-state index >= 15 is 0 Å². The van der Waals surface area contributed by atoms with Crippen molar-refractivity contribution in [1.82, 2.24) is 15.3 Å². The summed E-state index contributed by atoms with van der Waals surface area (Å²) >= 11 is 0. The molecule has 0 bridgehead atoms. The lowest BCUT2D eigenvalue weighted by Crippen LogP contribution is -2.14. The molecule has 0 saturated carbocycles. The molecule has 2 aromatic rings. The Morgan fingerprint density at radius 2 is 2.05 bits per heavy atom. The van der Waals surface area contributed by atoms with Crippen LogP contribution in [0.15, 0.2) is 36.7 Å². The van der Waals surface area contributed by atoms with Gasteiger partial charge in [-0.25, -0.2) is 0 Å². The van der Waals surface area contributed by atoms with Crippen molar-refractivity contribution in [3.05, 3.63) is 53.6 Å². The van der Waals surface area contributed by atoms with Crippen LogP contribution < -0.4 is 10.1 Å². The molecule has 1 aromatic heterocycles. The molecule has 0 aliphatic carbocycles. The van der Waals surface area contributed by atoms with Gasteiger partial charge in [0.2, 0.25) is 0 Å². The van der Waals surface area contributed by atoms with Crippen LogP contribution in [0.3, 0.4) is 0 Å². The van der Waals surface area contributed by atoms with Crippen molar-refractivity contribution in [2.45, 2.75) is 20.0 Å². The van der Waals surface area contributed by atoms with Crippen LogP contribution >= 0.6 is 0 Å². The van der Waals surface area contributed by atoms with E-state index in [1.807, 2.05) is 31.2 Å². The number of ether oxygens (including phenoxy) is 1. The first-order chi connectivity index (χ1) is 9.79. The number of hydrogen-bond acceptors (Lipinski definition) is 4. The molecule has 4 heteroatoms. The van der Waals surface area contributed by atoms with E-state index in [9.17, 15) is 0 Å². The molecule has 0 aliphatic heterocycles. The van der Waals surface area contributed by atoms with Gasteiger partial charge >= 0.3 is 0 Å². The number of rotatable bonds is 6. The quantitative estimate of drug-likeness (QED) is 0.814. The van der Waals surface area contributed by atoms with Crippen LogP contribution in [0.1, 0.15) is 17.0 Å². The van der Waals surface area contributed by atoms with Crippen molar-refractivity contribution in [3.63, 3.8) is 0 Å². The Morgan fingerprint density at radius 1 is 1.20 bits per heavy atom. The summed E-state index contributed by atoms with van der Waals surface area (Å²) in [6.07, 6.45) is 8.75. The van der Waals surface area contributed by atoms with Crippen LogP contribution in [0, 0.1) is 19.3 Å². The number of para-hydroxylation sites is 1. The number of aryl methyl sites for hydroxylation is 1. The summed E-state index contributed by atoms with van der Waals surface area (Å²) in [5.74, 6) is 3.28. The third kappa shape index (κ3) is 4.08. The van der Waals surface area contributed by atoms with Gasteiger partial charge in [0.15, 0.2) is 0 Å². The second-order valence-electron chi connectivity index (χ2n) is 4.35. The van der Waals surface area contributed by atoms with Gasteiger partial charge in [0.1, 0.15) is 12.4 Å². The van der Waals surface area contributed by atoms with E-state index in [4.69, 9.17) is 11.2 Å². The Balaban J connectivity index is 1.90. The maximum absolute atomic E-state index is 5.50. The van der Waals surface area contributed by atoms with E-state index < -0.39 is 0 Å². The van der Waals surface area contributed by atoms with Crippen molar-refractivity contribution in [2.75, 3.05) is 6.61 Å². The fourth-order valence-corrected chi connectivity index (χ4v) is 1.75. The minimum absolute atomic E-state index is 0.278. The van der Waals surface area contributed by atoms with E-state index in [2.05, 4.69) is 21.2 Å². The molecule has 0 unspecified atom stereocenters. The van der Waals surface area contributed by atoms with Gasteiger partial charge in [-0.2, -0.15) is 0 Å². The molecule has 0 atom stereocenters. The normalized spacial score (nSPS) is 10.0. The number of nitrogens with zero attached hydrogens (tertiary/aromatic N) is 2. The highest BCUT2D eigenvalue weighted by Crippen LogP contribution is 2.17. The van der Waals surface area contributed by atoms with E-state index in [1.54, 1.807) is 12.4 Å². The topological polar surface area (TPSA) is 47.0 Å². The average Bonchev–Trinajstić information content (AvgIpc) is 2.48. The first kappa shape index (κ1) is 14.0. The molecule has 0 spiro atoms. The van der Waals surface area contributed by atoms with Crippen molar-refractivity contribution in [1.29, 1.82) is 0 Å². The molecule has 0 saturated heterocycles. The molecule has 0 aliphatic rings. The van der Waals surface area contributed by atoms with Crippen LogP contribution in [0.4, 0.5) is 0 Å². The Bertz CT molecular complexity index is 587. The molecule has 1 aromatic carbocycles. The number of terminal acetylenes is 1. The fraction of sp³-hybridized carbons (Fsp3) is 0.250. The molecule has 0 amide bonds. The van der Waals surface area contributed by atoms with Crippen LogP contribution in [-0.4, -0.2) is 16.6 Å². The molecule has 1 N–H and O–H groups in total. The fourth-order valence-electron chi connectivity index (χ4n) is 1.75. The molecular weight excluding hydrogens is 250 g/mol. The smallest absolute Gasteiger partial charge is 0.148 e. The number of hydrogen-bond donors (Lipinski definition) is 1. The number of benzene rings is 1. The zero-order chi connectivity index (χ0) is 14.2. The van der Waals surface area contributed by atoms with E-state index in [0.717, 1.165) is 22.7 Å². The highest BCUT2D eigenvalue weighted by atomic mass is 16.5. The SMILES string of the molecule is C#CCOc1ccccc1CNCc1cnc(C)cn1. The lowest BCUT2D eigenvalue weighted by atomic mass is 10.2. The Kier molecular flexibility index (Phi) is 5.10. The molecule has 1 heterocycles. The summed E-state index contributed by atoms with van der Waals surface area (Å²) in [5, 5.41) is 3.32. The van der Waals surface area contributed by atoms with Gasteiger partial charge in [0, 0.05) is 31.0 Å². The number of aromatic nitrogens is 2. The summed E-state index contributed by atoms with van der Waals surface area (Å²) in [6.45, 7) is 3.55. The molecule has 0 fully saturated rings. The van der Waals surface area contributed by atoms with E-state index in [-0.39, 0.29) is 6.61 Å². The Labute approximate surface area is 119 Å². The summed E-state index contributed by atoms with van der Waals surface area (Å²) < 4.78 is 5.50. The molecule has 2 rings (SSSR count). The van der Waals surface area contributed by atoms with Crippen molar-refractivity contribution in [2.24, 2.45) is 0 Å². The highest BCUT2D eigenvalue weighted by molar-refractivity contribution is 5.33. The number of nitrogens with one attached hydrogen (secondary N) is 1. The molecule has 4 nitrogen and oxygen atoms in total. The van der Waals surface area contributed by atoms with Crippen LogP contribution in [0.5, 0.6) is 5.75 Å². The Hall–Kier alpha value is -2.38.